The summed E-state index contributed by atoms with van der Waals surface area (Å²) in [5.41, 5.74) is 2.11. The predicted octanol–water partition coefficient (Wildman–Crippen LogP) is 2.56. The highest BCUT2D eigenvalue weighted by molar-refractivity contribution is 5.91. The fourth-order valence-electron chi connectivity index (χ4n) is 2.69. The summed E-state index contributed by atoms with van der Waals surface area (Å²) in [6, 6.07) is 5.28. The van der Waals surface area contributed by atoms with Crippen LogP contribution in [0.2, 0.25) is 0 Å². The largest absolute Gasteiger partial charge is 0.441 e. The molecular weight excluding hydrogens is 270 g/mol. The van der Waals surface area contributed by atoms with E-state index in [0.29, 0.717) is 17.2 Å². The maximum absolute atomic E-state index is 12.0. The van der Waals surface area contributed by atoms with Crippen LogP contribution in [0.15, 0.2) is 22.6 Å². The molecule has 2 aromatic rings. The molecule has 1 aromatic carbocycles. The van der Waals surface area contributed by atoms with Crippen molar-refractivity contribution in [1.29, 1.82) is 0 Å². The normalized spacial score (nSPS) is 22.2. The summed E-state index contributed by atoms with van der Waals surface area (Å²) in [4.78, 5) is 16.2. The zero-order chi connectivity index (χ0) is 14.8. The Balaban J connectivity index is 1.60. The second kappa shape index (κ2) is 5.73. The van der Waals surface area contributed by atoms with Crippen LogP contribution in [0.5, 0.6) is 0 Å². The number of hydrogen-bond acceptors (Lipinski definition) is 4. The lowest BCUT2D eigenvalue weighted by Gasteiger charge is -2.26. The summed E-state index contributed by atoms with van der Waals surface area (Å²) in [6.45, 7) is 1.79. The number of hydrogen-bond donors (Lipinski definition) is 3. The lowest BCUT2D eigenvalue weighted by Crippen LogP contribution is -2.40. The third-order valence-electron chi connectivity index (χ3n) is 3.79. The summed E-state index contributed by atoms with van der Waals surface area (Å²) < 4.78 is 5.44. The van der Waals surface area contributed by atoms with Crippen LogP contribution in [0.3, 0.4) is 0 Å². The van der Waals surface area contributed by atoms with E-state index >= 15 is 0 Å². The minimum absolute atomic E-state index is 0.129. The maximum Gasteiger partial charge on any atom is 0.319 e. The molecule has 6 heteroatoms. The van der Waals surface area contributed by atoms with Gasteiger partial charge in [0, 0.05) is 24.7 Å². The van der Waals surface area contributed by atoms with Crippen molar-refractivity contribution < 1.29 is 14.3 Å². The second-order valence-corrected chi connectivity index (χ2v) is 5.52. The molecule has 6 nitrogen and oxygen atoms in total. The van der Waals surface area contributed by atoms with E-state index in [0.717, 1.165) is 31.2 Å². The van der Waals surface area contributed by atoms with Gasteiger partial charge in [0.1, 0.15) is 5.52 Å². The van der Waals surface area contributed by atoms with Gasteiger partial charge >= 0.3 is 6.03 Å². The molecule has 0 spiro atoms. The third-order valence-corrected chi connectivity index (χ3v) is 3.79. The summed E-state index contributed by atoms with van der Waals surface area (Å²) in [5.74, 6) is 0.604. The molecule has 1 aliphatic rings. The van der Waals surface area contributed by atoms with E-state index in [4.69, 9.17) is 4.42 Å². The zero-order valence-electron chi connectivity index (χ0n) is 11.9. The van der Waals surface area contributed by atoms with Crippen molar-refractivity contribution in [3.8, 4) is 0 Å². The topological polar surface area (TPSA) is 87.4 Å². The van der Waals surface area contributed by atoms with E-state index in [1.54, 1.807) is 19.1 Å². The van der Waals surface area contributed by atoms with Gasteiger partial charge in [-0.1, -0.05) is 0 Å². The Labute approximate surface area is 122 Å². The molecule has 3 N–H and O–H groups in total. The predicted molar refractivity (Wildman–Crippen MR) is 79.2 cm³/mol. The molecule has 1 heterocycles. The van der Waals surface area contributed by atoms with Crippen LogP contribution in [0, 0.1) is 6.92 Å². The molecule has 21 heavy (non-hydrogen) atoms. The number of urea groups is 1. The van der Waals surface area contributed by atoms with Gasteiger partial charge in [0.2, 0.25) is 0 Å². The fourth-order valence-corrected chi connectivity index (χ4v) is 2.69. The molecule has 0 atom stereocenters. The summed E-state index contributed by atoms with van der Waals surface area (Å²) >= 11 is 0. The number of nitrogens with zero attached hydrogens (tertiary/aromatic N) is 1. The Morgan fingerprint density at radius 3 is 2.86 bits per heavy atom. The van der Waals surface area contributed by atoms with Gasteiger partial charge < -0.3 is 20.2 Å². The fraction of sp³-hybridized carbons (Fsp3) is 0.467. The molecule has 3 rings (SSSR count). The molecule has 1 aliphatic carbocycles. The molecule has 112 valence electrons. The lowest BCUT2D eigenvalue weighted by molar-refractivity contribution is 0.118. The van der Waals surface area contributed by atoms with Crippen molar-refractivity contribution in [2.75, 3.05) is 5.32 Å². The molecule has 2 amide bonds. The first-order valence-electron chi connectivity index (χ1n) is 7.23. The van der Waals surface area contributed by atoms with Crippen LogP contribution in [0.4, 0.5) is 10.5 Å². The average Bonchev–Trinajstić information content (AvgIpc) is 2.80. The molecule has 0 radical (unpaired) electrons. The number of rotatable bonds is 2. The maximum atomic E-state index is 12.0. The van der Waals surface area contributed by atoms with E-state index in [2.05, 4.69) is 15.6 Å². The van der Waals surface area contributed by atoms with Gasteiger partial charge in [-0.3, -0.25) is 0 Å². The smallest absolute Gasteiger partial charge is 0.319 e. The Bertz CT molecular complexity index is 645. The summed E-state index contributed by atoms with van der Waals surface area (Å²) in [7, 11) is 0. The lowest BCUT2D eigenvalue weighted by atomic mass is 9.93. The standard InChI is InChI=1S/C15H19N3O3/c1-9-16-13-7-4-11(8-14(13)21-9)18-15(20)17-10-2-5-12(19)6-3-10/h4,7-8,10,12,19H,2-3,5-6H2,1H3,(H2,17,18,20). The van der Waals surface area contributed by atoms with E-state index in [9.17, 15) is 9.90 Å². The molecule has 0 aliphatic heterocycles. The van der Waals surface area contributed by atoms with Crippen LogP contribution >= 0.6 is 0 Å². The van der Waals surface area contributed by atoms with Crippen LogP contribution in [0.1, 0.15) is 31.6 Å². The van der Waals surface area contributed by atoms with Gasteiger partial charge in [-0.2, -0.15) is 0 Å². The summed E-state index contributed by atoms with van der Waals surface area (Å²) in [6.07, 6.45) is 2.90. The van der Waals surface area contributed by atoms with Gasteiger partial charge in [-0.25, -0.2) is 9.78 Å². The quantitative estimate of drug-likeness (QED) is 0.793. The van der Waals surface area contributed by atoms with E-state index < -0.39 is 0 Å². The first-order valence-corrected chi connectivity index (χ1v) is 7.23. The van der Waals surface area contributed by atoms with E-state index in [1.165, 1.54) is 0 Å². The van der Waals surface area contributed by atoms with Gasteiger partial charge in [-0.15, -0.1) is 0 Å². The number of amides is 2. The Kier molecular flexibility index (Phi) is 3.79. The Hall–Kier alpha value is -2.08. The summed E-state index contributed by atoms with van der Waals surface area (Å²) in [5, 5.41) is 15.2. The minimum atomic E-state index is -0.230. The number of aliphatic hydroxyl groups is 1. The number of aryl methyl sites for hydroxylation is 1. The van der Waals surface area contributed by atoms with Crippen LogP contribution in [-0.4, -0.2) is 28.3 Å². The highest BCUT2D eigenvalue weighted by atomic mass is 16.3. The van der Waals surface area contributed by atoms with Crippen LogP contribution < -0.4 is 10.6 Å². The van der Waals surface area contributed by atoms with Gasteiger partial charge in [0.25, 0.3) is 0 Å². The number of aliphatic hydroxyl groups excluding tert-OH is 1. The number of aromatic nitrogens is 1. The van der Waals surface area contributed by atoms with Crippen molar-refractivity contribution in [1.82, 2.24) is 10.3 Å². The first-order chi connectivity index (χ1) is 10.1. The third kappa shape index (κ3) is 3.33. The molecule has 1 fully saturated rings. The number of oxazole rings is 1. The molecule has 1 aromatic heterocycles. The number of nitrogens with one attached hydrogen (secondary N) is 2. The van der Waals surface area contributed by atoms with Gasteiger partial charge in [-0.05, 0) is 37.8 Å². The van der Waals surface area contributed by atoms with Gasteiger partial charge in [0.15, 0.2) is 11.5 Å². The van der Waals surface area contributed by atoms with Crippen LogP contribution in [-0.2, 0) is 0 Å². The number of anilines is 1. The zero-order valence-corrected chi connectivity index (χ0v) is 11.9. The SMILES string of the molecule is Cc1nc2ccc(NC(=O)NC3CCC(O)CC3)cc2o1. The van der Waals surface area contributed by atoms with Crippen LogP contribution in [0.25, 0.3) is 11.1 Å². The van der Waals surface area contributed by atoms with E-state index in [1.807, 2.05) is 6.07 Å². The average molecular weight is 289 g/mol. The van der Waals surface area contributed by atoms with Crippen molar-refractivity contribution >= 4 is 22.8 Å². The number of fused-ring (bicyclic) bond motifs is 1. The Morgan fingerprint density at radius 2 is 2.10 bits per heavy atom. The molecule has 0 unspecified atom stereocenters. The molecule has 1 saturated carbocycles. The molecule has 0 saturated heterocycles. The van der Waals surface area contributed by atoms with Crippen molar-refractivity contribution in [3.05, 3.63) is 24.1 Å². The van der Waals surface area contributed by atoms with Gasteiger partial charge in [0.05, 0.1) is 6.10 Å². The molecular formula is C15H19N3O3. The highest BCUT2D eigenvalue weighted by Crippen LogP contribution is 2.21. The number of carbonyl (C=O) groups excluding carboxylic acids is 1. The first kappa shape index (κ1) is 13.9. The van der Waals surface area contributed by atoms with Crippen molar-refractivity contribution in [2.45, 2.75) is 44.8 Å². The van der Waals surface area contributed by atoms with Crippen molar-refractivity contribution in [3.63, 3.8) is 0 Å². The van der Waals surface area contributed by atoms with Crippen molar-refractivity contribution in [2.24, 2.45) is 0 Å². The monoisotopic (exact) mass is 289 g/mol. The Morgan fingerprint density at radius 1 is 1.33 bits per heavy atom. The second-order valence-electron chi connectivity index (χ2n) is 5.52. The molecule has 0 bridgehead atoms. The number of benzene rings is 1. The number of carbonyl (C=O) groups is 1. The highest BCUT2D eigenvalue weighted by Gasteiger charge is 2.20. The minimum Gasteiger partial charge on any atom is -0.441 e. The van der Waals surface area contributed by atoms with E-state index in [-0.39, 0.29) is 18.2 Å².